The number of ketones is 1. The molecule has 0 amide bonds. The molecule has 1 saturated heterocycles. The maximum Gasteiger partial charge on any atom is 0.180 e. The number of piperazine rings is 1. The molecule has 0 atom stereocenters. The van der Waals surface area contributed by atoms with Crippen LogP contribution in [0.25, 0.3) is 0 Å². The molecular formula is C12H16ClN3O. The fourth-order valence-electron chi connectivity index (χ4n) is 1.90. The number of halogens is 1. The zero-order valence-corrected chi connectivity index (χ0v) is 10.6. The third-order valence-electron chi connectivity index (χ3n) is 2.89. The van der Waals surface area contributed by atoms with Crippen molar-refractivity contribution in [2.45, 2.75) is 13.3 Å². The minimum absolute atomic E-state index is 0.0266. The van der Waals surface area contributed by atoms with Crippen LogP contribution in [0.2, 0.25) is 5.15 Å². The van der Waals surface area contributed by atoms with Gasteiger partial charge in [0.25, 0.3) is 0 Å². The topological polar surface area (TPSA) is 45.2 Å². The SMILES string of the molecule is CCC(=O)c1ccc(N2CCNCC2)c(Cl)n1. The van der Waals surface area contributed by atoms with Gasteiger partial charge >= 0.3 is 0 Å². The van der Waals surface area contributed by atoms with Crippen LogP contribution in [0, 0.1) is 0 Å². The first-order valence-corrected chi connectivity index (χ1v) is 6.25. The van der Waals surface area contributed by atoms with E-state index in [0.717, 1.165) is 31.9 Å². The summed E-state index contributed by atoms with van der Waals surface area (Å²) in [6.45, 7) is 5.56. The zero-order chi connectivity index (χ0) is 12.3. The normalized spacial score (nSPS) is 16.0. The van der Waals surface area contributed by atoms with Gasteiger partial charge in [-0.1, -0.05) is 18.5 Å². The number of carbonyl (C=O) groups excluding carboxylic acids is 1. The van der Waals surface area contributed by atoms with Crippen molar-refractivity contribution in [3.63, 3.8) is 0 Å². The number of hydrogen-bond acceptors (Lipinski definition) is 4. The van der Waals surface area contributed by atoms with Gasteiger partial charge in [-0.05, 0) is 12.1 Å². The Morgan fingerprint density at radius 3 is 2.76 bits per heavy atom. The highest BCUT2D eigenvalue weighted by molar-refractivity contribution is 6.32. The molecule has 1 aliphatic rings. The van der Waals surface area contributed by atoms with Crippen LogP contribution in [0.3, 0.4) is 0 Å². The van der Waals surface area contributed by atoms with Gasteiger partial charge in [0.2, 0.25) is 0 Å². The summed E-state index contributed by atoms with van der Waals surface area (Å²) >= 11 is 6.14. The van der Waals surface area contributed by atoms with Gasteiger partial charge in [0, 0.05) is 32.6 Å². The fourth-order valence-corrected chi connectivity index (χ4v) is 2.18. The van der Waals surface area contributed by atoms with Crippen LogP contribution >= 0.6 is 11.6 Å². The number of aromatic nitrogens is 1. The van der Waals surface area contributed by atoms with E-state index in [9.17, 15) is 4.79 Å². The highest BCUT2D eigenvalue weighted by Crippen LogP contribution is 2.24. The third-order valence-corrected chi connectivity index (χ3v) is 3.17. The Morgan fingerprint density at radius 1 is 1.47 bits per heavy atom. The number of anilines is 1. The number of nitrogens with one attached hydrogen (secondary N) is 1. The minimum Gasteiger partial charge on any atom is -0.366 e. The van der Waals surface area contributed by atoms with Crippen molar-refractivity contribution in [3.05, 3.63) is 23.0 Å². The van der Waals surface area contributed by atoms with E-state index in [2.05, 4.69) is 15.2 Å². The Bertz CT molecular complexity index is 416. The van der Waals surface area contributed by atoms with Crippen LogP contribution in [-0.2, 0) is 0 Å². The van der Waals surface area contributed by atoms with E-state index < -0.39 is 0 Å². The summed E-state index contributed by atoms with van der Waals surface area (Å²) in [6, 6.07) is 3.65. The summed E-state index contributed by atoms with van der Waals surface area (Å²) in [4.78, 5) is 17.9. The van der Waals surface area contributed by atoms with Crippen LogP contribution in [0.1, 0.15) is 23.8 Å². The molecule has 1 aliphatic heterocycles. The minimum atomic E-state index is 0.0266. The summed E-state index contributed by atoms with van der Waals surface area (Å²) < 4.78 is 0. The Hall–Kier alpha value is -1.13. The molecule has 1 fully saturated rings. The number of rotatable bonds is 3. The lowest BCUT2D eigenvalue weighted by molar-refractivity contribution is 0.0983. The maximum absolute atomic E-state index is 11.5. The molecule has 0 spiro atoms. The molecule has 1 aromatic rings. The van der Waals surface area contributed by atoms with Gasteiger partial charge in [-0.25, -0.2) is 4.98 Å². The molecule has 0 unspecified atom stereocenters. The van der Waals surface area contributed by atoms with Crippen molar-refractivity contribution in [2.24, 2.45) is 0 Å². The molecular weight excluding hydrogens is 238 g/mol. The predicted molar refractivity (Wildman–Crippen MR) is 69.0 cm³/mol. The van der Waals surface area contributed by atoms with Crippen molar-refractivity contribution < 1.29 is 4.79 Å². The van der Waals surface area contributed by atoms with Gasteiger partial charge in [-0.3, -0.25) is 4.79 Å². The van der Waals surface area contributed by atoms with Crippen LogP contribution in [-0.4, -0.2) is 36.9 Å². The van der Waals surface area contributed by atoms with Gasteiger partial charge in [-0.2, -0.15) is 0 Å². The fraction of sp³-hybridized carbons (Fsp3) is 0.500. The van der Waals surface area contributed by atoms with Crippen LogP contribution in [0.4, 0.5) is 5.69 Å². The highest BCUT2D eigenvalue weighted by atomic mass is 35.5. The number of Topliss-reactive ketones (excluding diaryl/α,β-unsaturated/α-hetero) is 1. The van der Waals surface area contributed by atoms with Crippen molar-refractivity contribution in [2.75, 3.05) is 31.1 Å². The van der Waals surface area contributed by atoms with Crippen molar-refractivity contribution >= 4 is 23.1 Å². The molecule has 4 nitrogen and oxygen atoms in total. The lowest BCUT2D eigenvalue weighted by atomic mass is 10.2. The number of nitrogens with zero attached hydrogens (tertiary/aromatic N) is 2. The second-order valence-electron chi connectivity index (χ2n) is 4.02. The number of hydrogen-bond donors (Lipinski definition) is 1. The summed E-state index contributed by atoms with van der Waals surface area (Å²) in [5.41, 5.74) is 1.37. The standard InChI is InChI=1S/C12H16ClN3O/c1-2-11(17)9-3-4-10(12(13)15-9)16-7-5-14-6-8-16/h3-4,14H,2,5-8H2,1H3. The van der Waals surface area contributed by atoms with Crippen LogP contribution in [0.15, 0.2) is 12.1 Å². The molecule has 2 rings (SSSR count). The molecule has 2 heterocycles. The lowest BCUT2D eigenvalue weighted by Crippen LogP contribution is -2.43. The third kappa shape index (κ3) is 2.76. The second-order valence-corrected chi connectivity index (χ2v) is 4.38. The first kappa shape index (κ1) is 12.3. The Morgan fingerprint density at radius 2 is 2.18 bits per heavy atom. The monoisotopic (exact) mass is 253 g/mol. The first-order chi connectivity index (χ1) is 8.22. The maximum atomic E-state index is 11.5. The van der Waals surface area contributed by atoms with E-state index in [0.29, 0.717) is 17.3 Å². The van der Waals surface area contributed by atoms with E-state index in [-0.39, 0.29) is 5.78 Å². The summed E-state index contributed by atoms with van der Waals surface area (Å²) in [5.74, 6) is 0.0266. The molecule has 17 heavy (non-hydrogen) atoms. The molecule has 0 saturated carbocycles. The Kier molecular flexibility index (Phi) is 3.97. The molecule has 0 bridgehead atoms. The van der Waals surface area contributed by atoms with Crippen molar-refractivity contribution in [3.8, 4) is 0 Å². The van der Waals surface area contributed by atoms with Crippen molar-refractivity contribution in [1.82, 2.24) is 10.3 Å². The second kappa shape index (κ2) is 5.47. The molecule has 0 aromatic carbocycles. The van der Waals surface area contributed by atoms with Gasteiger partial charge in [-0.15, -0.1) is 0 Å². The van der Waals surface area contributed by atoms with Crippen molar-refractivity contribution in [1.29, 1.82) is 0 Å². The first-order valence-electron chi connectivity index (χ1n) is 5.87. The number of pyridine rings is 1. The quantitative estimate of drug-likeness (QED) is 0.658. The molecule has 5 heteroatoms. The zero-order valence-electron chi connectivity index (χ0n) is 9.87. The molecule has 0 radical (unpaired) electrons. The molecule has 0 aliphatic carbocycles. The Labute approximate surface area is 106 Å². The summed E-state index contributed by atoms with van der Waals surface area (Å²) in [6.07, 6.45) is 0.455. The van der Waals surface area contributed by atoms with E-state index >= 15 is 0 Å². The smallest absolute Gasteiger partial charge is 0.180 e. The molecule has 92 valence electrons. The van der Waals surface area contributed by atoms with E-state index in [1.165, 1.54) is 0 Å². The average Bonchev–Trinajstić information content (AvgIpc) is 2.38. The van der Waals surface area contributed by atoms with Gasteiger partial charge in [0.15, 0.2) is 10.9 Å². The predicted octanol–water partition coefficient (Wildman–Crippen LogP) is 1.74. The molecule has 1 N–H and O–H groups in total. The van der Waals surface area contributed by atoms with Gasteiger partial charge in [0.05, 0.1) is 5.69 Å². The summed E-state index contributed by atoms with van der Waals surface area (Å²) in [7, 11) is 0. The van der Waals surface area contributed by atoms with Gasteiger partial charge < -0.3 is 10.2 Å². The largest absolute Gasteiger partial charge is 0.366 e. The Balaban J connectivity index is 2.21. The number of carbonyl (C=O) groups is 1. The summed E-state index contributed by atoms with van der Waals surface area (Å²) in [5, 5.41) is 3.71. The van der Waals surface area contributed by atoms with E-state index in [1.807, 2.05) is 13.0 Å². The molecule has 1 aromatic heterocycles. The highest BCUT2D eigenvalue weighted by Gasteiger charge is 2.15. The van der Waals surface area contributed by atoms with Crippen LogP contribution in [0.5, 0.6) is 0 Å². The van der Waals surface area contributed by atoms with Gasteiger partial charge in [0.1, 0.15) is 5.69 Å². The lowest BCUT2D eigenvalue weighted by Gasteiger charge is -2.29. The average molecular weight is 254 g/mol. The van der Waals surface area contributed by atoms with E-state index in [4.69, 9.17) is 11.6 Å². The van der Waals surface area contributed by atoms with Crippen LogP contribution < -0.4 is 10.2 Å². The van der Waals surface area contributed by atoms with E-state index in [1.54, 1.807) is 6.07 Å².